The van der Waals surface area contributed by atoms with Crippen molar-refractivity contribution in [3.05, 3.63) is 23.3 Å². The molecule has 0 atom stereocenters. The topological polar surface area (TPSA) is 52.0 Å². The van der Waals surface area contributed by atoms with Crippen LogP contribution < -0.4 is 11.5 Å². The van der Waals surface area contributed by atoms with E-state index in [0.717, 1.165) is 5.56 Å². The van der Waals surface area contributed by atoms with Crippen molar-refractivity contribution in [3.63, 3.8) is 0 Å². The molecule has 1 aromatic rings. The molecule has 3 heteroatoms. The molecule has 0 radical (unpaired) electrons. The van der Waals surface area contributed by atoms with E-state index in [9.17, 15) is 0 Å². The summed E-state index contributed by atoms with van der Waals surface area (Å²) in [6.45, 7) is 3.99. The molecule has 4 N–H and O–H groups in total. The Morgan fingerprint density at radius 3 is 2.09 bits per heavy atom. The molecule has 0 aliphatic heterocycles. The number of hydrogen-bond donors (Lipinski definition) is 2. The zero-order valence-corrected chi connectivity index (χ0v) is 7.53. The quantitative estimate of drug-likeness (QED) is 0.588. The van der Waals surface area contributed by atoms with E-state index in [4.69, 9.17) is 11.5 Å². The minimum Gasteiger partial charge on any atom is -0.397 e. The summed E-state index contributed by atoms with van der Waals surface area (Å²) in [7, 11) is 0. The van der Waals surface area contributed by atoms with Crippen LogP contribution in [0.4, 0.5) is 11.4 Å². The van der Waals surface area contributed by atoms with Gasteiger partial charge in [-0.15, -0.1) is 12.4 Å². The molecule has 0 spiro atoms. The lowest BCUT2D eigenvalue weighted by atomic mass is 10.1. The van der Waals surface area contributed by atoms with E-state index >= 15 is 0 Å². The first-order valence-electron chi connectivity index (χ1n) is 3.24. The standard InChI is InChI=1S/C8H12N2.ClH/c1-5-3-4-7(9)8(10)6(5)2;/h3-4H,9-10H2,1-2H3;1H. The highest BCUT2D eigenvalue weighted by molar-refractivity contribution is 5.85. The first-order valence-corrected chi connectivity index (χ1v) is 3.24. The Kier molecular flexibility index (Phi) is 3.20. The van der Waals surface area contributed by atoms with Crippen LogP contribution in [-0.4, -0.2) is 0 Å². The largest absolute Gasteiger partial charge is 0.397 e. The predicted octanol–water partition coefficient (Wildman–Crippen LogP) is 1.89. The van der Waals surface area contributed by atoms with Crippen molar-refractivity contribution in [3.8, 4) is 0 Å². The molecule has 0 heterocycles. The zero-order chi connectivity index (χ0) is 7.72. The van der Waals surface area contributed by atoms with E-state index < -0.39 is 0 Å². The van der Waals surface area contributed by atoms with Crippen LogP contribution in [0.1, 0.15) is 11.1 Å². The summed E-state index contributed by atoms with van der Waals surface area (Å²) >= 11 is 0. The molecular formula is C8H13ClN2. The van der Waals surface area contributed by atoms with Crippen LogP contribution in [0, 0.1) is 13.8 Å². The fourth-order valence-electron chi connectivity index (χ4n) is 0.858. The molecule has 62 valence electrons. The lowest BCUT2D eigenvalue weighted by Gasteiger charge is -2.05. The maximum absolute atomic E-state index is 5.66. The van der Waals surface area contributed by atoms with Crippen molar-refractivity contribution in [2.24, 2.45) is 0 Å². The third-order valence-corrected chi connectivity index (χ3v) is 1.82. The Balaban J connectivity index is 0.000001000. The van der Waals surface area contributed by atoms with Crippen LogP contribution in [0.3, 0.4) is 0 Å². The molecule has 0 saturated heterocycles. The van der Waals surface area contributed by atoms with E-state index in [1.807, 2.05) is 26.0 Å². The molecule has 1 rings (SSSR count). The second kappa shape index (κ2) is 3.49. The molecule has 1 aromatic carbocycles. The van der Waals surface area contributed by atoms with Crippen LogP contribution in [0.25, 0.3) is 0 Å². The predicted molar refractivity (Wildman–Crippen MR) is 52.0 cm³/mol. The highest BCUT2D eigenvalue weighted by Crippen LogP contribution is 2.21. The number of anilines is 2. The number of nitrogens with two attached hydrogens (primary N) is 2. The number of benzene rings is 1. The number of nitrogen functional groups attached to an aromatic ring is 2. The lowest BCUT2D eigenvalue weighted by Crippen LogP contribution is -1.98. The van der Waals surface area contributed by atoms with E-state index in [-0.39, 0.29) is 12.4 Å². The van der Waals surface area contributed by atoms with Gasteiger partial charge in [-0.05, 0) is 31.0 Å². The lowest BCUT2D eigenvalue weighted by molar-refractivity contribution is 1.35. The van der Waals surface area contributed by atoms with Gasteiger partial charge in [0.25, 0.3) is 0 Å². The summed E-state index contributed by atoms with van der Waals surface area (Å²) in [6, 6.07) is 3.80. The van der Waals surface area contributed by atoms with Gasteiger partial charge in [-0.3, -0.25) is 0 Å². The van der Waals surface area contributed by atoms with Crippen LogP contribution in [0.2, 0.25) is 0 Å². The van der Waals surface area contributed by atoms with Crippen molar-refractivity contribution in [1.82, 2.24) is 0 Å². The molecule has 0 aliphatic carbocycles. The maximum atomic E-state index is 5.66. The summed E-state index contributed by atoms with van der Waals surface area (Å²) in [6.07, 6.45) is 0. The van der Waals surface area contributed by atoms with Crippen molar-refractivity contribution in [1.29, 1.82) is 0 Å². The SMILES string of the molecule is Cc1ccc(N)c(N)c1C.Cl. The van der Waals surface area contributed by atoms with E-state index in [1.54, 1.807) is 0 Å². The average Bonchev–Trinajstić information content (AvgIpc) is 1.93. The smallest absolute Gasteiger partial charge is 0.0580 e. The Labute approximate surface area is 73.0 Å². The van der Waals surface area contributed by atoms with Gasteiger partial charge in [-0.1, -0.05) is 6.07 Å². The first kappa shape index (κ1) is 10.1. The Morgan fingerprint density at radius 1 is 1.09 bits per heavy atom. The number of aryl methyl sites for hydroxylation is 1. The molecule has 0 aliphatic rings. The zero-order valence-electron chi connectivity index (χ0n) is 6.72. The van der Waals surface area contributed by atoms with Gasteiger partial charge in [0, 0.05) is 0 Å². The second-order valence-electron chi connectivity index (χ2n) is 2.51. The van der Waals surface area contributed by atoms with Gasteiger partial charge in [0.15, 0.2) is 0 Å². The molecule has 11 heavy (non-hydrogen) atoms. The summed E-state index contributed by atoms with van der Waals surface area (Å²) in [5, 5.41) is 0. The monoisotopic (exact) mass is 172 g/mol. The summed E-state index contributed by atoms with van der Waals surface area (Å²) in [5.74, 6) is 0. The van der Waals surface area contributed by atoms with E-state index in [1.165, 1.54) is 5.56 Å². The fraction of sp³-hybridized carbons (Fsp3) is 0.250. The third-order valence-electron chi connectivity index (χ3n) is 1.82. The van der Waals surface area contributed by atoms with Gasteiger partial charge in [-0.25, -0.2) is 0 Å². The Morgan fingerprint density at radius 2 is 1.64 bits per heavy atom. The molecule has 0 fully saturated rings. The van der Waals surface area contributed by atoms with Gasteiger partial charge in [-0.2, -0.15) is 0 Å². The van der Waals surface area contributed by atoms with Crippen molar-refractivity contribution in [2.45, 2.75) is 13.8 Å². The normalized spacial score (nSPS) is 8.91. The van der Waals surface area contributed by atoms with Gasteiger partial charge in [0.05, 0.1) is 11.4 Å². The summed E-state index contributed by atoms with van der Waals surface area (Å²) in [4.78, 5) is 0. The first-order chi connectivity index (χ1) is 4.63. The highest BCUT2D eigenvalue weighted by atomic mass is 35.5. The number of halogens is 1. The minimum absolute atomic E-state index is 0. The summed E-state index contributed by atoms with van der Waals surface area (Å²) in [5.41, 5.74) is 14.9. The second-order valence-corrected chi connectivity index (χ2v) is 2.51. The third kappa shape index (κ3) is 1.77. The van der Waals surface area contributed by atoms with E-state index in [2.05, 4.69) is 0 Å². The number of rotatable bonds is 0. The number of hydrogen-bond acceptors (Lipinski definition) is 2. The van der Waals surface area contributed by atoms with Crippen LogP contribution in [0.15, 0.2) is 12.1 Å². The minimum atomic E-state index is 0. The highest BCUT2D eigenvalue weighted by Gasteiger charge is 1.99. The van der Waals surface area contributed by atoms with Gasteiger partial charge >= 0.3 is 0 Å². The molecule has 2 nitrogen and oxygen atoms in total. The fourth-order valence-corrected chi connectivity index (χ4v) is 0.858. The average molecular weight is 173 g/mol. The van der Waals surface area contributed by atoms with Gasteiger partial charge in [0.2, 0.25) is 0 Å². The Bertz CT molecular complexity index is 232. The Hall–Kier alpha value is -0.890. The van der Waals surface area contributed by atoms with Crippen molar-refractivity contribution < 1.29 is 0 Å². The molecule has 0 unspecified atom stereocenters. The molecule has 0 amide bonds. The molecule has 0 aromatic heterocycles. The maximum Gasteiger partial charge on any atom is 0.0580 e. The van der Waals surface area contributed by atoms with Crippen molar-refractivity contribution in [2.75, 3.05) is 11.5 Å². The van der Waals surface area contributed by atoms with Crippen LogP contribution in [-0.2, 0) is 0 Å². The summed E-state index contributed by atoms with van der Waals surface area (Å²) < 4.78 is 0. The van der Waals surface area contributed by atoms with E-state index in [0.29, 0.717) is 11.4 Å². The van der Waals surface area contributed by atoms with Crippen LogP contribution >= 0.6 is 12.4 Å². The molecule has 0 saturated carbocycles. The molecular weight excluding hydrogens is 160 g/mol. The van der Waals surface area contributed by atoms with Crippen molar-refractivity contribution >= 4 is 23.8 Å². The van der Waals surface area contributed by atoms with Gasteiger partial charge < -0.3 is 11.5 Å². The molecule has 0 bridgehead atoms. The van der Waals surface area contributed by atoms with Crippen LogP contribution in [0.5, 0.6) is 0 Å². The van der Waals surface area contributed by atoms with Gasteiger partial charge in [0.1, 0.15) is 0 Å².